The van der Waals surface area contributed by atoms with Crippen molar-refractivity contribution in [3.8, 4) is 5.88 Å². The van der Waals surface area contributed by atoms with Crippen LogP contribution in [0.3, 0.4) is 0 Å². The second kappa shape index (κ2) is 6.31. The third kappa shape index (κ3) is 3.80. The van der Waals surface area contributed by atoms with Crippen LogP contribution >= 0.6 is 27.3 Å². The van der Waals surface area contributed by atoms with Crippen LogP contribution in [0.2, 0.25) is 0 Å². The third-order valence-electron chi connectivity index (χ3n) is 2.60. The minimum absolute atomic E-state index is 0.116. The molecule has 1 atom stereocenters. The van der Waals surface area contributed by atoms with Gasteiger partial charge >= 0.3 is 0 Å². The Bertz CT molecular complexity index is 498. The quantitative estimate of drug-likeness (QED) is 0.918. The summed E-state index contributed by atoms with van der Waals surface area (Å²) in [6, 6.07) is 8.16. The lowest BCUT2D eigenvalue weighted by molar-refractivity contribution is 0.397. The van der Waals surface area contributed by atoms with Gasteiger partial charge in [0.25, 0.3) is 0 Å². The first kappa shape index (κ1) is 13.5. The Hall–Kier alpha value is -0.910. The maximum Gasteiger partial charge on any atom is 0.212 e. The highest BCUT2D eigenvalue weighted by atomic mass is 79.9. The smallest absolute Gasteiger partial charge is 0.212 e. The zero-order valence-corrected chi connectivity index (χ0v) is 12.5. The molecular weight excluding hydrogens is 312 g/mol. The number of pyridine rings is 1. The van der Waals surface area contributed by atoms with Crippen molar-refractivity contribution >= 4 is 27.3 Å². The number of nitrogens with two attached hydrogens (primary N) is 1. The molecule has 0 bridgehead atoms. The molecule has 0 saturated heterocycles. The van der Waals surface area contributed by atoms with Crippen LogP contribution in [-0.2, 0) is 12.8 Å². The van der Waals surface area contributed by atoms with Gasteiger partial charge in [-0.05, 0) is 46.5 Å². The van der Waals surface area contributed by atoms with Crippen LogP contribution in [0, 0.1) is 0 Å². The van der Waals surface area contributed by atoms with Crippen LogP contribution in [0.5, 0.6) is 5.88 Å². The van der Waals surface area contributed by atoms with Crippen molar-refractivity contribution in [3.63, 3.8) is 0 Å². The molecule has 2 aromatic heterocycles. The number of methoxy groups -OCH3 is 1. The molecule has 1 unspecified atom stereocenters. The zero-order valence-electron chi connectivity index (χ0n) is 10.1. The molecule has 0 aliphatic rings. The van der Waals surface area contributed by atoms with E-state index in [1.165, 1.54) is 4.88 Å². The molecule has 0 aliphatic carbocycles. The Kier molecular flexibility index (Phi) is 4.74. The molecule has 0 saturated carbocycles. The van der Waals surface area contributed by atoms with Crippen LogP contribution < -0.4 is 10.5 Å². The van der Waals surface area contributed by atoms with Gasteiger partial charge in [-0.3, -0.25) is 0 Å². The molecule has 0 amide bonds. The molecule has 18 heavy (non-hydrogen) atoms. The number of thiophene rings is 1. The van der Waals surface area contributed by atoms with Gasteiger partial charge in [-0.1, -0.05) is 6.07 Å². The lowest BCUT2D eigenvalue weighted by Gasteiger charge is -2.10. The number of ether oxygens (including phenoxy) is 1. The van der Waals surface area contributed by atoms with E-state index in [0.29, 0.717) is 5.88 Å². The molecule has 0 radical (unpaired) electrons. The highest BCUT2D eigenvalue weighted by molar-refractivity contribution is 9.11. The Morgan fingerprint density at radius 3 is 2.72 bits per heavy atom. The summed E-state index contributed by atoms with van der Waals surface area (Å²) in [4.78, 5) is 5.48. The molecule has 0 fully saturated rings. The van der Waals surface area contributed by atoms with E-state index in [4.69, 9.17) is 10.5 Å². The predicted molar refractivity (Wildman–Crippen MR) is 78.2 cm³/mol. The average molecular weight is 327 g/mol. The summed E-state index contributed by atoms with van der Waals surface area (Å²) in [5, 5.41) is 0. The minimum Gasteiger partial charge on any atom is -0.481 e. The van der Waals surface area contributed by atoms with Crippen molar-refractivity contribution in [2.45, 2.75) is 18.9 Å². The fourth-order valence-corrected chi connectivity index (χ4v) is 3.32. The Morgan fingerprint density at radius 1 is 1.33 bits per heavy atom. The summed E-state index contributed by atoms with van der Waals surface area (Å²) < 4.78 is 6.18. The molecule has 96 valence electrons. The van der Waals surface area contributed by atoms with E-state index in [2.05, 4.69) is 33.0 Å². The lowest BCUT2D eigenvalue weighted by Crippen LogP contribution is -2.25. The van der Waals surface area contributed by atoms with E-state index in [1.54, 1.807) is 18.4 Å². The topological polar surface area (TPSA) is 48.1 Å². The van der Waals surface area contributed by atoms with E-state index in [-0.39, 0.29) is 6.04 Å². The zero-order chi connectivity index (χ0) is 13.0. The summed E-state index contributed by atoms with van der Waals surface area (Å²) in [6.07, 6.45) is 3.54. The van der Waals surface area contributed by atoms with E-state index >= 15 is 0 Å². The van der Waals surface area contributed by atoms with Gasteiger partial charge in [-0.15, -0.1) is 11.3 Å². The molecule has 0 spiro atoms. The van der Waals surface area contributed by atoms with Gasteiger partial charge in [0.15, 0.2) is 0 Å². The van der Waals surface area contributed by atoms with Gasteiger partial charge in [0.05, 0.1) is 10.9 Å². The molecule has 2 N–H and O–H groups in total. The van der Waals surface area contributed by atoms with Crippen LogP contribution in [0.25, 0.3) is 0 Å². The van der Waals surface area contributed by atoms with E-state index in [1.807, 2.05) is 18.3 Å². The van der Waals surface area contributed by atoms with E-state index in [9.17, 15) is 0 Å². The first-order chi connectivity index (χ1) is 8.67. The lowest BCUT2D eigenvalue weighted by atomic mass is 10.1. The summed E-state index contributed by atoms with van der Waals surface area (Å²) >= 11 is 5.19. The summed E-state index contributed by atoms with van der Waals surface area (Å²) in [5.74, 6) is 0.634. The standard InChI is InChI=1S/C13H15BrN2OS/c1-17-13-5-2-9(8-16-13)6-10(15)7-11-3-4-12(14)18-11/h2-5,8,10H,6-7,15H2,1H3. The van der Waals surface area contributed by atoms with Crippen LogP contribution in [0.15, 0.2) is 34.2 Å². The molecular formula is C13H15BrN2OS. The Labute approximate surface area is 119 Å². The van der Waals surface area contributed by atoms with Crippen LogP contribution in [0.4, 0.5) is 0 Å². The third-order valence-corrected chi connectivity index (χ3v) is 4.24. The minimum atomic E-state index is 0.116. The van der Waals surface area contributed by atoms with Gasteiger partial charge in [-0.2, -0.15) is 0 Å². The summed E-state index contributed by atoms with van der Waals surface area (Å²) in [5.41, 5.74) is 7.29. The van der Waals surface area contributed by atoms with Gasteiger partial charge < -0.3 is 10.5 Å². The SMILES string of the molecule is COc1ccc(CC(N)Cc2ccc(Br)s2)cn1. The average Bonchev–Trinajstić information content (AvgIpc) is 2.75. The fourth-order valence-electron chi connectivity index (χ4n) is 1.75. The van der Waals surface area contributed by atoms with Crippen molar-refractivity contribution < 1.29 is 4.74 Å². The van der Waals surface area contributed by atoms with Gasteiger partial charge in [0, 0.05) is 23.2 Å². The van der Waals surface area contributed by atoms with E-state index < -0.39 is 0 Å². The summed E-state index contributed by atoms with van der Waals surface area (Å²) in [6.45, 7) is 0. The number of nitrogens with zero attached hydrogens (tertiary/aromatic N) is 1. The number of hydrogen-bond donors (Lipinski definition) is 1. The maximum atomic E-state index is 6.15. The molecule has 2 aromatic rings. The first-order valence-electron chi connectivity index (χ1n) is 5.66. The fraction of sp³-hybridized carbons (Fsp3) is 0.308. The molecule has 3 nitrogen and oxygen atoms in total. The number of hydrogen-bond acceptors (Lipinski definition) is 4. The second-order valence-electron chi connectivity index (χ2n) is 4.08. The normalized spacial score (nSPS) is 12.4. The maximum absolute atomic E-state index is 6.15. The van der Waals surface area contributed by atoms with Crippen molar-refractivity contribution in [3.05, 3.63) is 44.7 Å². The molecule has 2 heterocycles. The van der Waals surface area contributed by atoms with Gasteiger partial charge in [-0.25, -0.2) is 4.98 Å². The van der Waals surface area contributed by atoms with Crippen molar-refractivity contribution in [2.24, 2.45) is 5.73 Å². The highest BCUT2D eigenvalue weighted by Gasteiger charge is 2.08. The van der Waals surface area contributed by atoms with Crippen LogP contribution in [0.1, 0.15) is 10.4 Å². The summed E-state index contributed by atoms with van der Waals surface area (Å²) in [7, 11) is 1.61. The van der Waals surface area contributed by atoms with Crippen LogP contribution in [-0.4, -0.2) is 18.1 Å². The number of rotatable bonds is 5. The highest BCUT2D eigenvalue weighted by Crippen LogP contribution is 2.23. The molecule has 0 aromatic carbocycles. The van der Waals surface area contributed by atoms with Gasteiger partial charge in [0.1, 0.15) is 0 Å². The predicted octanol–water partition coefficient (Wildman–Crippen LogP) is 3.03. The number of halogens is 1. The molecule has 0 aliphatic heterocycles. The van der Waals surface area contributed by atoms with Gasteiger partial charge in [0.2, 0.25) is 5.88 Å². The second-order valence-corrected chi connectivity index (χ2v) is 6.63. The Balaban J connectivity index is 1.91. The van der Waals surface area contributed by atoms with E-state index in [0.717, 1.165) is 22.2 Å². The largest absolute Gasteiger partial charge is 0.481 e. The number of aromatic nitrogens is 1. The van der Waals surface area contributed by atoms with Crippen molar-refractivity contribution in [1.29, 1.82) is 0 Å². The molecule has 2 rings (SSSR count). The molecule has 5 heteroatoms. The first-order valence-corrected chi connectivity index (χ1v) is 7.27. The van der Waals surface area contributed by atoms with Crippen molar-refractivity contribution in [1.82, 2.24) is 4.98 Å². The monoisotopic (exact) mass is 326 g/mol. The van der Waals surface area contributed by atoms with Crippen molar-refractivity contribution in [2.75, 3.05) is 7.11 Å². The Morgan fingerprint density at radius 2 is 2.17 bits per heavy atom.